The maximum Gasteiger partial charge on any atom is 0.270 e. The van der Waals surface area contributed by atoms with Gasteiger partial charge in [-0.2, -0.15) is 0 Å². The van der Waals surface area contributed by atoms with Gasteiger partial charge in [-0.3, -0.25) is 9.78 Å². The number of benzene rings is 1. The molecule has 1 N–H and O–H groups in total. The van der Waals surface area contributed by atoms with Crippen molar-refractivity contribution in [1.82, 2.24) is 10.3 Å². The van der Waals surface area contributed by atoms with Crippen molar-refractivity contribution in [3.05, 3.63) is 65.5 Å². The Morgan fingerprint density at radius 2 is 1.95 bits per heavy atom. The van der Waals surface area contributed by atoms with Gasteiger partial charge in [0.05, 0.1) is 6.04 Å². The second kappa shape index (κ2) is 5.45. The van der Waals surface area contributed by atoms with E-state index in [1.807, 2.05) is 49.4 Å². The van der Waals surface area contributed by atoms with E-state index in [2.05, 4.69) is 10.3 Å². The summed E-state index contributed by atoms with van der Waals surface area (Å²) in [5, 5.41) is 3.03. The third-order valence-corrected chi connectivity index (χ3v) is 3.72. The van der Waals surface area contributed by atoms with E-state index in [1.54, 1.807) is 6.20 Å². The zero-order valence-corrected chi connectivity index (χ0v) is 11.5. The Hall–Kier alpha value is -2.16. The Balaban J connectivity index is 1.77. The fourth-order valence-corrected chi connectivity index (χ4v) is 2.42. The van der Waals surface area contributed by atoms with Crippen molar-refractivity contribution in [3.8, 4) is 0 Å². The average Bonchev–Trinajstić information content (AvgIpc) is 3.32. The van der Waals surface area contributed by atoms with Gasteiger partial charge in [0.1, 0.15) is 5.69 Å². The number of nitrogens with one attached hydrogen (secondary N) is 1. The van der Waals surface area contributed by atoms with Gasteiger partial charge < -0.3 is 5.32 Å². The number of hydrogen-bond acceptors (Lipinski definition) is 2. The van der Waals surface area contributed by atoms with Gasteiger partial charge in [-0.05, 0) is 42.9 Å². The molecule has 2 aromatic rings. The van der Waals surface area contributed by atoms with Gasteiger partial charge in [-0.25, -0.2) is 0 Å². The normalized spacial score (nSPS) is 15.7. The summed E-state index contributed by atoms with van der Waals surface area (Å²) in [5.74, 6) is 0.445. The van der Waals surface area contributed by atoms with Crippen LogP contribution in [0.5, 0.6) is 0 Å². The number of carbonyl (C=O) groups excluding carboxylic acids is 1. The highest BCUT2D eigenvalue weighted by atomic mass is 16.1. The summed E-state index contributed by atoms with van der Waals surface area (Å²) < 4.78 is 0. The van der Waals surface area contributed by atoms with Gasteiger partial charge in [0.2, 0.25) is 0 Å². The highest BCUT2D eigenvalue weighted by Gasteiger charge is 2.28. The van der Waals surface area contributed by atoms with Crippen LogP contribution in [0.15, 0.2) is 48.7 Å². The first kappa shape index (κ1) is 12.9. The van der Waals surface area contributed by atoms with Crippen molar-refractivity contribution in [2.24, 2.45) is 0 Å². The highest BCUT2D eigenvalue weighted by Crippen LogP contribution is 2.41. The molecule has 0 radical (unpaired) electrons. The van der Waals surface area contributed by atoms with Crippen molar-refractivity contribution < 1.29 is 4.79 Å². The predicted molar refractivity (Wildman–Crippen MR) is 78.5 cm³/mol. The fraction of sp³-hybridized carbons (Fsp3) is 0.294. The molecule has 1 aliphatic rings. The third-order valence-electron chi connectivity index (χ3n) is 3.72. The largest absolute Gasteiger partial charge is 0.344 e. The van der Waals surface area contributed by atoms with Crippen LogP contribution in [0, 0.1) is 0 Å². The molecule has 1 unspecified atom stereocenters. The number of amides is 1. The standard InChI is InChI=1S/C17H18N2O/c1-12(13-6-3-2-4-7-13)19-17(20)16-15(14-9-10-14)8-5-11-18-16/h2-8,11-12,14H,9-10H2,1H3,(H,19,20). The van der Waals surface area contributed by atoms with Crippen molar-refractivity contribution in [1.29, 1.82) is 0 Å². The SMILES string of the molecule is CC(NC(=O)c1ncccc1C1CC1)c1ccccc1. The Morgan fingerprint density at radius 1 is 1.20 bits per heavy atom. The van der Waals surface area contributed by atoms with E-state index in [0.717, 1.165) is 11.1 Å². The first-order valence-corrected chi connectivity index (χ1v) is 7.06. The third kappa shape index (κ3) is 2.72. The van der Waals surface area contributed by atoms with Gasteiger partial charge >= 0.3 is 0 Å². The molecule has 0 saturated heterocycles. The van der Waals surface area contributed by atoms with Crippen LogP contribution >= 0.6 is 0 Å². The van der Waals surface area contributed by atoms with Crippen LogP contribution in [0.2, 0.25) is 0 Å². The maximum absolute atomic E-state index is 12.4. The minimum Gasteiger partial charge on any atom is -0.344 e. The number of pyridine rings is 1. The summed E-state index contributed by atoms with van der Waals surface area (Å²) in [6.45, 7) is 1.99. The molecule has 1 aliphatic carbocycles. The molecule has 1 saturated carbocycles. The molecule has 3 heteroatoms. The fourth-order valence-electron chi connectivity index (χ4n) is 2.42. The van der Waals surface area contributed by atoms with E-state index in [-0.39, 0.29) is 11.9 Å². The topological polar surface area (TPSA) is 42.0 Å². The average molecular weight is 266 g/mol. The monoisotopic (exact) mass is 266 g/mol. The number of aromatic nitrogens is 1. The minimum absolute atomic E-state index is 0.0160. The Bertz CT molecular complexity index is 605. The molecule has 1 aromatic carbocycles. The molecule has 0 aliphatic heterocycles. The number of hydrogen-bond donors (Lipinski definition) is 1. The first-order valence-electron chi connectivity index (χ1n) is 7.06. The lowest BCUT2D eigenvalue weighted by atomic mass is 10.1. The van der Waals surface area contributed by atoms with Crippen LogP contribution in [0.4, 0.5) is 0 Å². The maximum atomic E-state index is 12.4. The summed E-state index contributed by atoms with van der Waals surface area (Å²) in [4.78, 5) is 16.7. The molecule has 1 fully saturated rings. The van der Waals surface area contributed by atoms with Crippen LogP contribution in [0.25, 0.3) is 0 Å². The molecule has 1 heterocycles. The van der Waals surface area contributed by atoms with Gasteiger partial charge in [-0.15, -0.1) is 0 Å². The Kier molecular flexibility index (Phi) is 3.50. The quantitative estimate of drug-likeness (QED) is 0.921. The predicted octanol–water partition coefficient (Wildman–Crippen LogP) is 3.45. The van der Waals surface area contributed by atoms with E-state index in [9.17, 15) is 4.79 Å². The molecule has 1 atom stereocenters. The van der Waals surface area contributed by atoms with E-state index in [0.29, 0.717) is 11.6 Å². The smallest absolute Gasteiger partial charge is 0.270 e. The summed E-state index contributed by atoms with van der Waals surface area (Å²) in [6, 6.07) is 13.9. The highest BCUT2D eigenvalue weighted by molar-refractivity contribution is 5.94. The number of rotatable bonds is 4. The second-order valence-electron chi connectivity index (χ2n) is 5.32. The van der Waals surface area contributed by atoms with Gasteiger partial charge in [0.25, 0.3) is 5.91 Å². The van der Waals surface area contributed by atoms with Crippen molar-refractivity contribution in [3.63, 3.8) is 0 Å². The van der Waals surface area contributed by atoms with E-state index in [1.165, 1.54) is 12.8 Å². The zero-order valence-electron chi connectivity index (χ0n) is 11.5. The number of carbonyl (C=O) groups is 1. The number of nitrogens with zero attached hydrogens (tertiary/aromatic N) is 1. The molecule has 1 aromatic heterocycles. The van der Waals surface area contributed by atoms with Crippen LogP contribution in [-0.4, -0.2) is 10.9 Å². The summed E-state index contributed by atoms with van der Waals surface area (Å²) >= 11 is 0. The Morgan fingerprint density at radius 3 is 2.65 bits per heavy atom. The molecule has 0 bridgehead atoms. The van der Waals surface area contributed by atoms with Crippen molar-refractivity contribution in [2.45, 2.75) is 31.7 Å². The first-order chi connectivity index (χ1) is 9.75. The van der Waals surface area contributed by atoms with E-state index in [4.69, 9.17) is 0 Å². The molecular weight excluding hydrogens is 248 g/mol. The molecule has 20 heavy (non-hydrogen) atoms. The summed E-state index contributed by atoms with van der Waals surface area (Å²) in [6.07, 6.45) is 4.02. The van der Waals surface area contributed by atoms with Crippen LogP contribution in [-0.2, 0) is 0 Å². The zero-order chi connectivity index (χ0) is 13.9. The molecular formula is C17H18N2O. The van der Waals surface area contributed by atoms with Crippen LogP contribution in [0.1, 0.15) is 53.3 Å². The lowest BCUT2D eigenvalue weighted by molar-refractivity contribution is 0.0933. The van der Waals surface area contributed by atoms with E-state index >= 15 is 0 Å². The second-order valence-corrected chi connectivity index (χ2v) is 5.32. The summed E-state index contributed by atoms with van der Waals surface area (Å²) in [7, 11) is 0. The van der Waals surface area contributed by atoms with Crippen LogP contribution in [0.3, 0.4) is 0 Å². The summed E-state index contributed by atoms with van der Waals surface area (Å²) in [5.41, 5.74) is 2.77. The lowest BCUT2D eigenvalue weighted by Gasteiger charge is -2.15. The van der Waals surface area contributed by atoms with Gasteiger partial charge in [-0.1, -0.05) is 36.4 Å². The minimum atomic E-state index is -0.0798. The van der Waals surface area contributed by atoms with Gasteiger partial charge in [0.15, 0.2) is 0 Å². The van der Waals surface area contributed by atoms with Gasteiger partial charge in [0, 0.05) is 6.20 Å². The Labute approximate surface area is 119 Å². The molecule has 102 valence electrons. The molecule has 3 nitrogen and oxygen atoms in total. The lowest BCUT2D eigenvalue weighted by Crippen LogP contribution is -2.28. The van der Waals surface area contributed by atoms with Crippen LogP contribution < -0.4 is 5.32 Å². The molecule has 3 rings (SSSR count). The molecule has 1 amide bonds. The molecule has 0 spiro atoms. The van der Waals surface area contributed by atoms with E-state index < -0.39 is 0 Å². The van der Waals surface area contributed by atoms with Crippen molar-refractivity contribution in [2.75, 3.05) is 0 Å². The van der Waals surface area contributed by atoms with Crippen molar-refractivity contribution >= 4 is 5.91 Å².